The van der Waals surface area contributed by atoms with Gasteiger partial charge in [-0.05, 0) is 92.9 Å². The predicted octanol–water partition coefficient (Wildman–Crippen LogP) is 4.28. The lowest BCUT2D eigenvalue weighted by atomic mass is 9.43. The lowest BCUT2D eigenvalue weighted by Gasteiger charge is -2.62. The van der Waals surface area contributed by atoms with E-state index in [0.29, 0.717) is 41.5 Å². The average molecular weight is 406 g/mol. The smallest absolute Gasteiger partial charge is 0.139 e. The predicted molar refractivity (Wildman–Crippen MR) is 115 cm³/mol. The van der Waals surface area contributed by atoms with E-state index in [1.54, 1.807) is 0 Å². The van der Waals surface area contributed by atoms with Crippen LogP contribution in [-0.4, -0.2) is 41.1 Å². The zero-order chi connectivity index (χ0) is 19.5. The zero-order valence-electron chi connectivity index (χ0n) is 17.8. The molecule has 0 spiro atoms. The Bertz CT molecular complexity index is 620. The number of thioether (sulfide) groups is 1. The van der Waals surface area contributed by atoms with Crippen molar-refractivity contribution in [2.75, 3.05) is 19.7 Å². The number of nitrogens with one attached hydrogen (secondary N) is 1. The Labute approximate surface area is 175 Å². The molecule has 2 N–H and O–H groups in total. The fraction of sp³-hybridized carbons (Fsp3) is 0.958. The van der Waals surface area contributed by atoms with Gasteiger partial charge < -0.3 is 10.4 Å². The van der Waals surface area contributed by atoms with E-state index >= 15 is 0 Å². The zero-order valence-corrected chi connectivity index (χ0v) is 18.6. The summed E-state index contributed by atoms with van der Waals surface area (Å²) in [5, 5.41) is 15.5. The minimum atomic E-state index is -0.0487. The molecule has 0 aromatic rings. The molecule has 0 aromatic heterocycles. The number of aliphatic hydroxyl groups is 1. The summed E-state index contributed by atoms with van der Waals surface area (Å²) in [4.78, 5) is 12.7. The van der Waals surface area contributed by atoms with Crippen molar-refractivity contribution < 1.29 is 9.90 Å². The Morgan fingerprint density at radius 2 is 1.89 bits per heavy atom. The first-order valence-corrected chi connectivity index (χ1v) is 12.9. The van der Waals surface area contributed by atoms with Crippen molar-refractivity contribution in [3.8, 4) is 0 Å². The normalized spacial score (nSPS) is 53.5. The van der Waals surface area contributed by atoms with Crippen LogP contribution in [0.25, 0.3) is 0 Å². The highest BCUT2D eigenvalue weighted by molar-refractivity contribution is 8.00. The molecule has 9 atom stereocenters. The molecule has 1 unspecified atom stereocenters. The summed E-state index contributed by atoms with van der Waals surface area (Å²) in [5.74, 6) is 3.71. The lowest BCUT2D eigenvalue weighted by Crippen LogP contribution is -2.57. The van der Waals surface area contributed by atoms with E-state index in [-0.39, 0.29) is 5.41 Å². The van der Waals surface area contributed by atoms with Crippen molar-refractivity contribution >= 4 is 17.5 Å². The third-order valence-corrected chi connectivity index (χ3v) is 11.7. The van der Waals surface area contributed by atoms with Crippen LogP contribution >= 0.6 is 11.8 Å². The first kappa shape index (κ1) is 19.9. The highest BCUT2D eigenvalue weighted by Gasteiger charge is 2.62. The van der Waals surface area contributed by atoms with Gasteiger partial charge in [0.05, 0.1) is 0 Å². The van der Waals surface area contributed by atoms with E-state index in [9.17, 15) is 9.90 Å². The molecule has 3 nitrogen and oxygen atoms in total. The molecule has 0 bridgehead atoms. The molecule has 4 saturated carbocycles. The van der Waals surface area contributed by atoms with Gasteiger partial charge in [-0.25, -0.2) is 0 Å². The summed E-state index contributed by atoms with van der Waals surface area (Å²) in [6, 6.07) is 0. The second kappa shape index (κ2) is 7.27. The van der Waals surface area contributed by atoms with Gasteiger partial charge in [0.15, 0.2) is 0 Å². The van der Waals surface area contributed by atoms with Crippen LogP contribution in [-0.2, 0) is 4.79 Å². The summed E-state index contributed by atoms with van der Waals surface area (Å²) < 4.78 is 0. The maximum atomic E-state index is 12.7. The second-order valence-corrected chi connectivity index (χ2v) is 12.8. The molecule has 4 aliphatic carbocycles. The first-order chi connectivity index (χ1) is 13.5. The van der Waals surface area contributed by atoms with Crippen LogP contribution in [0.2, 0.25) is 0 Å². The van der Waals surface area contributed by atoms with Crippen LogP contribution in [0.1, 0.15) is 71.6 Å². The van der Waals surface area contributed by atoms with Gasteiger partial charge in [0.1, 0.15) is 5.78 Å². The maximum Gasteiger partial charge on any atom is 0.139 e. The standard InChI is InChI=1S/C24H39NO2S/c1-23-8-5-16(28-17-7-10-25-13-17)12-21(23)15(14-26)11-18-19-3-4-22(27)24(19,2)9-6-20(18)23/h15-21,25-26H,3-14H2,1-2H3/t15-,16-,17-,18+,19+,20+,21?,23-,24+/m1/s1. The summed E-state index contributed by atoms with van der Waals surface area (Å²) in [6.07, 6.45) is 10.8. The molecule has 28 heavy (non-hydrogen) atoms. The highest BCUT2D eigenvalue weighted by Crippen LogP contribution is 2.67. The minimum Gasteiger partial charge on any atom is -0.396 e. The Kier molecular flexibility index (Phi) is 5.16. The van der Waals surface area contributed by atoms with Gasteiger partial charge >= 0.3 is 0 Å². The van der Waals surface area contributed by atoms with E-state index in [4.69, 9.17) is 0 Å². The number of Topliss-reactive ketones (excluding diaryl/α,β-unsaturated/α-hetero) is 1. The van der Waals surface area contributed by atoms with Crippen molar-refractivity contribution in [2.45, 2.75) is 82.1 Å². The number of carbonyl (C=O) groups excluding carboxylic acids is 1. The molecular weight excluding hydrogens is 366 g/mol. The number of hydrogen-bond acceptors (Lipinski definition) is 4. The average Bonchev–Trinajstić information content (AvgIpc) is 3.30. The summed E-state index contributed by atoms with van der Waals surface area (Å²) in [5.41, 5.74) is 0.334. The molecule has 4 heteroatoms. The van der Waals surface area contributed by atoms with Gasteiger partial charge in [-0.1, -0.05) is 13.8 Å². The fourth-order valence-corrected chi connectivity index (χ4v) is 10.2. The molecule has 0 amide bonds. The molecule has 1 saturated heterocycles. The van der Waals surface area contributed by atoms with Crippen LogP contribution in [0.15, 0.2) is 0 Å². The molecular formula is C24H39NO2S. The second-order valence-electron chi connectivity index (χ2n) is 11.2. The van der Waals surface area contributed by atoms with E-state index in [1.807, 2.05) is 0 Å². The topological polar surface area (TPSA) is 49.3 Å². The molecule has 1 heterocycles. The van der Waals surface area contributed by atoms with Gasteiger partial charge in [-0.15, -0.1) is 0 Å². The summed E-state index contributed by atoms with van der Waals surface area (Å²) >= 11 is 2.25. The summed E-state index contributed by atoms with van der Waals surface area (Å²) in [6.45, 7) is 7.57. The van der Waals surface area contributed by atoms with Crippen LogP contribution in [0.3, 0.4) is 0 Å². The quantitative estimate of drug-likeness (QED) is 0.736. The number of hydrogen-bond donors (Lipinski definition) is 2. The molecule has 5 aliphatic rings. The Hall–Kier alpha value is -0.0600. The molecule has 0 aromatic carbocycles. The Balaban J connectivity index is 1.37. The highest BCUT2D eigenvalue weighted by atomic mass is 32.2. The van der Waals surface area contributed by atoms with Gasteiger partial charge in [-0.2, -0.15) is 11.8 Å². The van der Waals surface area contributed by atoms with Gasteiger partial charge in [0.25, 0.3) is 0 Å². The number of ketones is 1. The van der Waals surface area contributed by atoms with Gasteiger partial charge in [0, 0.05) is 35.5 Å². The number of rotatable bonds is 3. The molecule has 5 fully saturated rings. The van der Waals surface area contributed by atoms with Crippen molar-refractivity contribution in [3.05, 3.63) is 0 Å². The van der Waals surface area contributed by atoms with Crippen molar-refractivity contribution in [1.29, 1.82) is 0 Å². The molecule has 1 aliphatic heterocycles. The van der Waals surface area contributed by atoms with Gasteiger partial charge in [0.2, 0.25) is 0 Å². The molecule has 5 rings (SSSR count). The Morgan fingerprint density at radius 1 is 1.04 bits per heavy atom. The van der Waals surface area contributed by atoms with Crippen LogP contribution in [0.5, 0.6) is 0 Å². The van der Waals surface area contributed by atoms with Crippen LogP contribution in [0.4, 0.5) is 0 Å². The van der Waals surface area contributed by atoms with E-state index in [1.165, 1.54) is 51.6 Å². The Morgan fingerprint density at radius 3 is 2.64 bits per heavy atom. The van der Waals surface area contributed by atoms with Crippen LogP contribution in [0, 0.1) is 40.4 Å². The van der Waals surface area contributed by atoms with Crippen molar-refractivity contribution in [2.24, 2.45) is 40.4 Å². The van der Waals surface area contributed by atoms with Crippen molar-refractivity contribution in [3.63, 3.8) is 0 Å². The fourth-order valence-electron chi connectivity index (χ4n) is 8.58. The van der Waals surface area contributed by atoms with Gasteiger partial charge in [-0.3, -0.25) is 4.79 Å². The van der Waals surface area contributed by atoms with E-state index < -0.39 is 0 Å². The first-order valence-electron chi connectivity index (χ1n) is 12.0. The minimum absolute atomic E-state index is 0.0487. The molecule has 158 valence electrons. The third-order valence-electron chi connectivity index (χ3n) is 10.1. The third kappa shape index (κ3) is 2.95. The summed E-state index contributed by atoms with van der Waals surface area (Å²) in [7, 11) is 0. The molecule has 0 radical (unpaired) electrons. The van der Waals surface area contributed by atoms with Crippen molar-refractivity contribution in [1.82, 2.24) is 5.32 Å². The number of aliphatic hydroxyl groups excluding tert-OH is 1. The largest absolute Gasteiger partial charge is 0.396 e. The van der Waals surface area contributed by atoms with E-state index in [0.717, 1.165) is 35.7 Å². The number of carbonyl (C=O) groups is 1. The SMILES string of the molecule is C[C@]12CC[C@@H](S[C@@H]3CCNC3)CC1[C@@H](CO)C[C@@H]1[C@@H]2CC[C@]2(C)C(=O)CC[C@@H]12. The monoisotopic (exact) mass is 405 g/mol. The van der Waals surface area contributed by atoms with E-state index in [2.05, 4.69) is 30.9 Å². The van der Waals surface area contributed by atoms with Crippen LogP contribution < -0.4 is 5.32 Å². The maximum absolute atomic E-state index is 12.7. The lowest BCUT2D eigenvalue weighted by molar-refractivity contribution is -0.149. The number of fused-ring (bicyclic) bond motifs is 5.